The molecule has 0 aromatic heterocycles. The molecule has 0 spiro atoms. The number of carbonyl (C=O) groups is 2. The number of phosphoric ester groups is 1. The summed E-state index contributed by atoms with van der Waals surface area (Å²) in [6, 6.07) is 0. The van der Waals surface area contributed by atoms with Crippen molar-refractivity contribution in [3.05, 3.63) is 12.2 Å². The van der Waals surface area contributed by atoms with Crippen molar-refractivity contribution in [2.45, 2.75) is 224 Å². The molecule has 1 aliphatic rings. The van der Waals surface area contributed by atoms with Crippen LogP contribution in [0.25, 0.3) is 0 Å². The zero-order valence-electron chi connectivity index (χ0n) is 34.0. The Labute approximate surface area is 331 Å². The number of phosphoric acid groups is 1. The zero-order chi connectivity index (χ0) is 40.7. The Hall–Kier alpha value is -1.41. The van der Waals surface area contributed by atoms with E-state index in [0.717, 1.165) is 57.8 Å². The van der Waals surface area contributed by atoms with E-state index in [2.05, 4.69) is 26.0 Å². The highest BCUT2D eigenvalue weighted by atomic mass is 31.2. The predicted molar refractivity (Wildman–Crippen MR) is 212 cm³/mol. The van der Waals surface area contributed by atoms with Gasteiger partial charge in [0.05, 0.1) is 6.61 Å². The number of esters is 2. The summed E-state index contributed by atoms with van der Waals surface area (Å²) in [5.74, 6) is -1.10. The van der Waals surface area contributed by atoms with Gasteiger partial charge in [-0.05, 0) is 32.1 Å². The van der Waals surface area contributed by atoms with Crippen molar-refractivity contribution in [2.75, 3.05) is 13.2 Å². The molecule has 14 heteroatoms. The largest absolute Gasteiger partial charge is 0.472 e. The van der Waals surface area contributed by atoms with E-state index in [-0.39, 0.29) is 12.8 Å². The lowest BCUT2D eigenvalue weighted by molar-refractivity contribution is -0.220. The number of allylic oxidation sites excluding steroid dienone is 2. The summed E-state index contributed by atoms with van der Waals surface area (Å²) in [6.07, 6.45) is 18.5. The predicted octanol–water partition coefficient (Wildman–Crippen LogP) is 7.50. The molecule has 0 aliphatic heterocycles. The van der Waals surface area contributed by atoms with Gasteiger partial charge in [-0.15, -0.1) is 0 Å². The minimum Gasteiger partial charge on any atom is -0.462 e. The summed E-state index contributed by atoms with van der Waals surface area (Å²) in [7, 11) is -5.11. The van der Waals surface area contributed by atoms with E-state index in [9.17, 15) is 44.6 Å². The number of hydrogen-bond donors (Lipinski definition) is 6. The van der Waals surface area contributed by atoms with Gasteiger partial charge >= 0.3 is 19.8 Å². The molecule has 324 valence electrons. The van der Waals surface area contributed by atoms with E-state index in [4.69, 9.17) is 18.5 Å². The fourth-order valence-electron chi connectivity index (χ4n) is 6.58. The molecule has 0 amide bonds. The van der Waals surface area contributed by atoms with Crippen LogP contribution in [0.5, 0.6) is 0 Å². The second-order valence-electron chi connectivity index (χ2n) is 15.2. The molecule has 1 fully saturated rings. The highest BCUT2D eigenvalue weighted by Gasteiger charge is 2.51. The van der Waals surface area contributed by atoms with Crippen LogP contribution in [0, 0.1) is 0 Å². The van der Waals surface area contributed by atoms with E-state index in [1.165, 1.54) is 83.5 Å². The smallest absolute Gasteiger partial charge is 0.462 e. The average molecular weight is 809 g/mol. The fraction of sp³-hybridized carbons (Fsp3) is 0.902. The van der Waals surface area contributed by atoms with Gasteiger partial charge in [-0.25, -0.2) is 4.57 Å². The van der Waals surface area contributed by atoms with Gasteiger partial charge in [0.15, 0.2) is 6.10 Å². The molecule has 0 aromatic rings. The van der Waals surface area contributed by atoms with Crippen LogP contribution in [0.2, 0.25) is 0 Å². The van der Waals surface area contributed by atoms with E-state index in [1.54, 1.807) is 0 Å². The minimum atomic E-state index is -5.11. The fourth-order valence-corrected chi connectivity index (χ4v) is 7.56. The van der Waals surface area contributed by atoms with Gasteiger partial charge in [0.2, 0.25) is 0 Å². The zero-order valence-corrected chi connectivity index (χ0v) is 34.9. The first kappa shape index (κ1) is 51.6. The first-order valence-electron chi connectivity index (χ1n) is 21.5. The van der Waals surface area contributed by atoms with E-state index in [1.807, 2.05) is 0 Å². The molecule has 1 saturated carbocycles. The van der Waals surface area contributed by atoms with Crippen molar-refractivity contribution in [3.63, 3.8) is 0 Å². The molecule has 0 heterocycles. The summed E-state index contributed by atoms with van der Waals surface area (Å²) < 4.78 is 33.4. The van der Waals surface area contributed by atoms with Gasteiger partial charge in [-0.1, -0.05) is 148 Å². The Kier molecular flexibility index (Phi) is 30.5. The second kappa shape index (κ2) is 32.5. The Morgan fingerprint density at radius 2 is 0.964 bits per heavy atom. The Morgan fingerprint density at radius 3 is 1.45 bits per heavy atom. The average Bonchev–Trinajstić information content (AvgIpc) is 3.16. The third kappa shape index (κ3) is 25.5. The first-order valence-corrected chi connectivity index (χ1v) is 23.0. The van der Waals surface area contributed by atoms with Crippen molar-refractivity contribution in [1.29, 1.82) is 0 Å². The molecule has 0 bridgehead atoms. The molecule has 0 aromatic carbocycles. The van der Waals surface area contributed by atoms with Crippen molar-refractivity contribution in [2.24, 2.45) is 0 Å². The Morgan fingerprint density at radius 1 is 0.545 bits per heavy atom. The van der Waals surface area contributed by atoms with Crippen LogP contribution in [0.1, 0.15) is 181 Å². The SMILES string of the molecule is CCC/C=C/CCCCCCCCCCC(=O)O[C@@H](COC(=O)CCCCCCCCCCCCCCC)COP(=O)(O)OC1[C@@H](O)[C@H](O)C(O)[C@H](O)[C@H]1O. The Balaban J connectivity index is 2.49. The van der Waals surface area contributed by atoms with Crippen LogP contribution in [0.4, 0.5) is 0 Å². The molecule has 13 nitrogen and oxygen atoms in total. The van der Waals surface area contributed by atoms with Gasteiger partial charge in [0, 0.05) is 12.8 Å². The van der Waals surface area contributed by atoms with Crippen LogP contribution in [-0.4, -0.2) is 98.3 Å². The van der Waals surface area contributed by atoms with Gasteiger partial charge in [0.25, 0.3) is 0 Å². The molecule has 1 rings (SSSR count). The van der Waals surface area contributed by atoms with Crippen molar-refractivity contribution >= 4 is 19.8 Å². The van der Waals surface area contributed by atoms with Crippen LogP contribution in [0.3, 0.4) is 0 Å². The number of unbranched alkanes of at least 4 members (excludes halogenated alkanes) is 21. The van der Waals surface area contributed by atoms with Crippen molar-refractivity contribution in [1.82, 2.24) is 0 Å². The van der Waals surface area contributed by atoms with Crippen LogP contribution < -0.4 is 0 Å². The number of ether oxygens (including phenoxy) is 2. The maximum Gasteiger partial charge on any atom is 0.472 e. The molecule has 0 saturated heterocycles. The molecular formula is C41H77O13P. The van der Waals surface area contributed by atoms with E-state index in [0.29, 0.717) is 12.8 Å². The standard InChI is InChI=1S/C41H77O13P/c1-3-5-7-9-11-13-15-17-19-21-23-25-27-29-34(42)51-31-33(32-52-55(49,50)54-41-39(47)37(45)36(44)38(46)40(41)48)53-35(43)30-28-26-24-22-20-18-16-14-12-10-8-6-4-2/h8,10,33,36-41,44-48H,3-7,9,11-32H2,1-2H3,(H,49,50)/b10-8+/t33-,36?,37-,38+,39+,40-,41?/m0/s1. The lowest BCUT2D eigenvalue weighted by atomic mass is 9.85. The highest BCUT2D eigenvalue weighted by Crippen LogP contribution is 2.47. The van der Waals surface area contributed by atoms with Crippen LogP contribution in [0.15, 0.2) is 12.2 Å². The lowest BCUT2D eigenvalue weighted by Crippen LogP contribution is -2.64. The lowest BCUT2D eigenvalue weighted by Gasteiger charge is -2.41. The maximum atomic E-state index is 12.8. The topological polar surface area (TPSA) is 210 Å². The third-order valence-corrected chi connectivity index (χ3v) is 11.1. The normalized spacial score (nSPS) is 23.1. The molecular weight excluding hydrogens is 731 g/mol. The van der Waals surface area contributed by atoms with Crippen LogP contribution in [-0.2, 0) is 32.7 Å². The van der Waals surface area contributed by atoms with Crippen molar-refractivity contribution in [3.8, 4) is 0 Å². The monoisotopic (exact) mass is 809 g/mol. The number of hydrogen-bond acceptors (Lipinski definition) is 12. The maximum absolute atomic E-state index is 12.8. The molecule has 8 atom stereocenters. The molecule has 1 aliphatic carbocycles. The summed E-state index contributed by atoms with van der Waals surface area (Å²) in [5.41, 5.74) is 0. The summed E-state index contributed by atoms with van der Waals surface area (Å²) in [4.78, 5) is 35.6. The molecule has 6 N–H and O–H groups in total. The van der Waals surface area contributed by atoms with Gasteiger partial charge in [0.1, 0.15) is 43.2 Å². The third-order valence-electron chi connectivity index (χ3n) is 10.1. The molecule has 55 heavy (non-hydrogen) atoms. The minimum absolute atomic E-state index is 0.0966. The van der Waals surface area contributed by atoms with Crippen LogP contribution >= 0.6 is 7.82 Å². The van der Waals surface area contributed by atoms with Gasteiger partial charge in [-0.3, -0.25) is 18.6 Å². The summed E-state index contributed by atoms with van der Waals surface area (Å²) >= 11 is 0. The van der Waals surface area contributed by atoms with E-state index >= 15 is 0 Å². The highest BCUT2D eigenvalue weighted by molar-refractivity contribution is 7.47. The quantitative estimate of drug-likeness (QED) is 0.0159. The second-order valence-corrected chi connectivity index (χ2v) is 16.6. The number of rotatable bonds is 35. The number of carbonyl (C=O) groups excluding carboxylic acids is 2. The van der Waals surface area contributed by atoms with Gasteiger partial charge < -0.3 is 39.9 Å². The van der Waals surface area contributed by atoms with Gasteiger partial charge in [-0.2, -0.15) is 0 Å². The molecule has 3 unspecified atom stereocenters. The number of aliphatic hydroxyl groups excluding tert-OH is 5. The summed E-state index contributed by atoms with van der Waals surface area (Å²) in [6.45, 7) is 3.23. The molecule has 0 radical (unpaired) electrons. The Bertz CT molecular complexity index is 1030. The van der Waals surface area contributed by atoms with Crippen molar-refractivity contribution < 1.29 is 63.1 Å². The van der Waals surface area contributed by atoms with E-state index < -0.39 is 75.7 Å². The summed E-state index contributed by atoms with van der Waals surface area (Å²) in [5, 5.41) is 50.0. The number of aliphatic hydroxyl groups is 5. The first-order chi connectivity index (χ1) is 26.4.